The third-order valence-electron chi connectivity index (χ3n) is 6.45. The van der Waals surface area contributed by atoms with Crippen LogP contribution in [0.25, 0.3) is 22.4 Å². The Labute approximate surface area is 177 Å². The average molecular weight is 398 g/mol. The zero-order valence-corrected chi connectivity index (χ0v) is 17.4. The number of piperidine rings is 1. The van der Waals surface area contributed by atoms with Gasteiger partial charge in [0.25, 0.3) is 5.91 Å². The highest BCUT2D eigenvalue weighted by atomic mass is 16.2. The number of aromatic nitrogens is 2. The van der Waals surface area contributed by atoms with Crippen LogP contribution in [0.4, 0.5) is 0 Å². The quantitative estimate of drug-likeness (QED) is 0.571. The second-order valence-corrected chi connectivity index (χ2v) is 8.33. The van der Waals surface area contributed by atoms with Crippen LogP contribution < -0.4 is 0 Å². The van der Waals surface area contributed by atoms with E-state index in [0.29, 0.717) is 11.5 Å². The summed E-state index contributed by atoms with van der Waals surface area (Å²) in [6, 6.07) is 18.8. The van der Waals surface area contributed by atoms with Gasteiger partial charge in [-0.1, -0.05) is 60.7 Å². The van der Waals surface area contributed by atoms with Crippen molar-refractivity contribution in [1.29, 1.82) is 0 Å². The normalized spacial score (nSPS) is 18.6. The highest BCUT2D eigenvalue weighted by Gasteiger charge is 2.32. The highest BCUT2D eigenvalue weighted by Crippen LogP contribution is 2.37. The number of fused-ring (bicyclic) bond motifs is 1. The summed E-state index contributed by atoms with van der Waals surface area (Å²) < 4.78 is 1.82. The van der Waals surface area contributed by atoms with Gasteiger partial charge < -0.3 is 4.90 Å². The van der Waals surface area contributed by atoms with Crippen LogP contribution in [0, 0.1) is 5.92 Å². The number of benzene rings is 2. The molecule has 1 aliphatic heterocycles. The first-order valence-corrected chi connectivity index (χ1v) is 10.9. The molecule has 0 N–H and O–H groups in total. The van der Waals surface area contributed by atoms with E-state index in [-0.39, 0.29) is 5.91 Å². The Morgan fingerprint density at radius 2 is 1.63 bits per heavy atom. The molecule has 0 radical (unpaired) electrons. The van der Waals surface area contributed by atoms with Crippen molar-refractivity contribution in [3.8, 4) is 22.4 Å². The number of nitrogens with zero attached hydrogens (tertiary/aromatic N) is 3. The zero-order chi connectivity index (χ0) is 20.5. The molecule has 0 bridgehead atoms. The van der Waals surface area contributed by atoms with E-state index in [1.54, 1.807) is 6.20 Å². The summed E-state index contributed by atoms with van der Waals surface area (Å²) in [7, 11) is 1.91. The van der Waals surface area contributed by atoms with E-state index < -0.39 is 0 Å². The molecule has 2 heterocycles. The Kier molecular flexibility index (Phi) is 4.99. The fraction of sp³-hybridized carbons (Fsp3) is 0.308. The second-order valence-electron chi connectivity index (χ2n) is 8.33. The first-order chi connectivity index (χ1) is 14.7. The van der Waals surface area contributed by atoms with Crippen LogP contribution in [0.1, 0.15) is 42.5 Å². The molecule has 1 atom stereocenters. The highest BCUT2D eigenvalue weighted by molar-refractivity contribution is 6.01. The minimum absolute atomic E-state index is 0.0862. The summed E-state index contributed by atoms with van der Waals surface area (Å²) >= 11 is 0. The van der Waals surface area contributed by atoms with E-state index in [9.17, 15) is 4.79 Å². The number of hydrogen-bond acceptors (Lipinski definition) is 2. The van der Waals surface area contributed by atoms with E-state index in [4.69, 9.17) is 0 Å². The van der Waals surface area contributed by atoms with E-state index in [1.165, 1.54) is 36.1 Å². The van der Waals surface area contributed by atoms with E-state index in [2.05, 4.69) is 47.6 Å². The molecule has 0 saturated carbocycles. The van der Waals surface area contributed by atoms with E-state index >= 15 is 0 Å². The molecule has 2 aliphatic rings. The van der Waals surface area contributed by atoms with Crippen molar-refractivity contribution in [3.63, 3.8) is 0 Å². The lowest BCUT2D eigenvalue weighted by atomic mass is 9.84. The van der Waals surface area contributed by atoms with Crippen LogP contribution in [-0.4, -0.2) is 27.1 Å². The van der Waals surface area contributed by atoms with Gasteiger partial charge in [0.05, 0.1) is 17.5 Å². The van der Waals surface area contributed by atoms with Gasteiger partial charge in [0, 0.05) is 24.9 Å². The van der Waals surface area contributed by atoms with Crippen molar-refractivity contribution in [3.05, 3.63) is 78.1 Å². The molecule has 2 aromatic carbocycles. The number of carbonyl (C=O) groups excluding carboxylic acids is 1. The molecule has 1 aromatic heterocycles. The van der Waals surface area contributed by atoms with E-state index in [0.717, 1.165) is 30.6 Å². The summed E-state index contributed by atoms with van der Waals surface area (Å²) in [5, 5.41) is 4.44. The molecular formula is C26H27N3O. The molecular weight excluding hydrogens is 370 g/mol. The smallest absolute Gasteiger partial charge is 0.261 e. The van der Waals surface area contributed by atoms with Crippen molar-refractivity contribution in [2.24, 2.45) is 13.0 Å². The Bertz CT molecular complexity index is 1080. The fourth-order valence-electron chi connectivity index (χ4n) is 4.93. The molecule has 152 valence electrons. The van der Waals surface area contributed by atoms with Crippen LogP contribution >= 0.6 is 0 Å². The lowest BCUT2D eigenvalue weighted by Gasteiger charge is -2.38. The molecule has 1 unspecified atom stereocenters. The van der Waals surface area contributed by atoms with Gasteiger partial charge in [-0.3, -0.25) is 9.48 Å². The SMILES string of the molecule is Cn1ncc(C(=O)N2CCCC3CCCC=C32)c1-c1ccc(-c2ccccc2)cc1. The molecule has 1 saturated heterocycles. The first-order valence-electron chi connectivity index (χ1n) is 10.9. The van der Waals surface area contributed by atoms with Gasteiger partial charge >= 0.3 is 0 Å². The van der Waals surface area contributed by atoms with E-state index in [1.807, 2.05) is 34.8 Å². The third-order valence-corrected chi connectivity index (χ3v) is 6.45. The second kappa shape index (κ2) is 7.94. The number of rotatable bonds is 3. The van der Waals surface area contributed by atoms with Crippen LogP contribution in [-0.2, 0) is 7.05 Å². The molecule has 3 aromatic rings. The van der Waals surface area contributed by atoms with Crippen molar-refractivity contribution in [2.45, 2.75) is 32.1 Å². The predicted octanol–water partition coefficient (Wildman–Crippen LogP) is 5.67. The lowest BCUT2D eigenvalue weighted by Crippen LogP contribution is -2.39. The Morgan fingerprint density at radius 1 is 0.933 bits per heavy atom. The van der Waals surface area contributed by atoms with Crippen molar-refractivity contribution >= 4 is 5.91 Å². The number of likely N-dealkylation sites (tertiary alicyclic amines) is 1. The average Bonchev–Trinajstić information content (AvgIpc) is 3.20. The van der Waals surface area contributed by atoms with Gasteiger partial charge in [-0.2, -0.15) is 5.10 Å². The monoisotopic (exact) mass is 397 g/mol. The molecule has 4 nitrogen and oxygen atoms in total. The van der Waals surface area contributed by atoms with Crippen molar-refractivity contribution in [2.75, 3.05) is 6.54 Å². The number of allylic oxidation sites excluding steroid dienone is 2. The maximum atomic E-state index is 13.6. The van der Waals surface area contributed by atoms with Gasteiger partial charge in [-0.05, 0) is 49.1 Å². The maximum absolute atomic E-state index is 13.6. The summed E-state index contributed by atoms with van der Waals surface area (Å²) in [5.41, 5.74) is 6.20. The standard InChI is InChI=1S/C26H27N3O/c1-28-25(22-15-13-20(14-16-22)19-8-3-2-4-9-19)23(18-27-28)26(30)29-17-7-11-21-10-5-6-12-24(21)29/h2-4,8-9,12-16,18,21H,5-7,10-11,17H2,1H3. The van der Waals surface area contributed by atoms with Crippen LogP contribution in [0.2, 0.25) is 0 Å². The largest absolute Gasteiger partial charge is 0.312 e. The minimum atomic E-state index is 0.0862. The Balaban J connectivity index is 1.48. The maximum Gasteiger partial charge on any atom is 0.261 e. The fourth-order valence-corrected chi connectivity index (χ4v) is 4.93. The van der Waals surface area contributed by atoms with Crippen molar-refractivity contribution in [1.82, 2.24) is 14.7 Å². The zero-order valence-electron chi connectivity index (χ0n) is 17.4. The molecule has 30 heavy (non-hydrogen) atoms. The number of hydrogen-bond donors (Lipinski definition) is 0. The van der Waals surface area contributed by atoms with Gasteiger partial charge in [0.2, 0.25) is 0 Å². The molecule has 0 spiro atoms. The van der Waals surface area contributed by atoms with Crippen LogP contribution in [0.15, 0.2) is 72.6 Å². The molecule has 1 fully saturated rings. The Hall–Kier alpha value is -3.14. The first kappa shape index (κ1) is 18.9. The molecule has 1 aliphatic carbocycles. The molecule has 5 rings (SSSR count). The molecule has 4 heteroatoms. The van der Waals surface area contributed by atoms with Gasteiger partial charge in [-0.15, -0.1) is 0 Å². The number of aryl methyl sites for hydroxylation is 1. The van der Waals surface area contributed by atoms with Gasteiger partial charge in [-0.25, -0.2) is 0 Å². The Morgan fingerprint density at radius 3 is 2.43 bits per heavy atom. The number of carbonyl (C=O) groups is 1. The summed E-state index contributed by atoms with van der Waals surface area (Å²) in [6.07, 6.45) is 9.83. The third kappa shape index (κ3) is 3.36. The predicted molar refractivity (Wildman–Crippen MR) is 120 cm³/mol. The van der Waals surface area contributed by atoms with Crippen molar-refractivity contribution < 1.29 is 4.79 Å². The van der Waals surface area contributed by atoms with Crippen LogP contribution in [0.3, 0.4) is 0 Å². The summed E-state index contributed by atoms with van der Waals surface area (Å²) in [6.45, 7) is 0.808. The van der Waals surface area contributed by atoms with Gasteiger partial charge in [0.15, 0.2) is 0 Å². The van der Waals surface area contributed by atoms with Crippen LogP contribution in [0.5, 0.6) is 0 Å². The summed E-state index contributed by atoms with van der Waals surface area (Å²) in [5.74, 6) is 0.629. The van der Waals surface area contributed by atoms with Gasteiger partial charge in [0.1, 0.15) is 0 Å². The minimum Gasteiger partial charge on any atom is -0.312 e. The summed E-state index contributed by atoms with van der Waals surface area (Å²) in [4.78, 5) is 15.6. The molecule has 1 amide bonds. The lowest BCUT2D eigenvalue weighted by molar-refractivity contribution is 0.0749. The number of amides is 1. The topological polar surface area (TPSA) is 38.1 Å².